The van der Waals surface area contributed by atoms with Crippen LogP contribution in [0.2, 0.25) is 0 Å². The summed E-state index contributed by atoms with van der Waals surface area (Å²) in [7, 11) is -1.46. The molecule has 0 saturated heterocycles. The van der Waals surface area contributed by atoms with E-state index in [2.05, 4.69) is 54.8 Å². The lowest BCUT2D eigenvalue weighted by Crippen LogP contribution is -2.06. The Morgan fingerprint density at radius 3 is 2.32 bits per heavy atom. The van der Waals surface area contributed by atoms with Gasteiger partial charge < -0.3 is 4.55 Å². The van der Waals surface area contributed by atoms with Crippen molar-refractivity contribution in [2.45, 2.75) is 26.7 Å². The van der Waals surface area contributed by atoms with E-state index in [0.717, 1.165) is 7.11 Å². The van der Waals surface area contributed by atoms with Crippen LogP contribution in [0.25, 0.3) is 0 Å². The van der Waals surface area contributed by atoms with E-state index in [0.29, 0.717) is 5.92 Å². The largest absolute Gasteiger partial charge is 0.726 e. The second-order valence-electron chi connectivity index (χ2n) is 4.56. The molecule has 1 unspecified atom stereocenters. The first-order valence-corrected chi connectivity index (χ1v) is 7.20. The highest BCUT2D eigenvalue weighted by molar-refractivity contribution is 7.80. The molecule has 1 heterocycles. The van der Waals surface area contributed by atoms with Gasteiger partial charge in [-0.15, -0.1) is 0 Å². The Balaban J connectivity index is 0.000000258. The van der Waals surface area contributed by atoms with Gasteiger partial charge >= 0.3 is 0 Å². The van der Waals surface area contributed by atoms with Crippen LogP contribution in [0.3, 0.4) is 0 Å². The summed E-state index contributed by atoms with van der Waals surface area (Å²) in [6.45, 7) is 6.64. The topological polar surface area (TPSA) is 69.4 Å². The predicted molar refractivity (Wildman–Crippen MR) is 72.8 cm³/mol. The van der Waals surface area contributed by atoms with E-state index >= 15 is 0 Å². The van der Waals surface area contributed by atoms with Gasteiger partial charge in [-0.05, 0) is 19.9 Å². The van der Waals surface area contributed by atoms with Gasteiger partial charge in [0.2, 0.25) is 16.1 Å². The molecule has 1 aromatic carbocycles. The van der Waals surface area contributed by atoms with E-state index in [1.165, 1.54) is 22.5 Å². The van der Waals surface area contributed by atoms with Crippen molar-refractivity contribution in [3.05, 3.63) is 29.3 Å². The predicted octanol–water partition coefficient (Wildman–Crippen LogP) is 1.94. The first-order chi connectivity index (χ1) is 8.67. The third-order valence-corrected chi connectivity index (χ3v) is 3.78. The Labute approximate surface area is 114 Å². The van der Waals surface area contributed by atoms with Gasteiger partial charge in [-0.25, -0.2) is 13.0 Å². The number of nitrogens with zero attached hydrogens (tertiary/aromatic N) is 1. The highest BCUT2D eigenvalue weighted by atomic mass is 32.3. The van der Waals surface area contributed by atoms with Gasteiger partial charge in [-0.1, -0.05) is 11.6 Å². The maximum atomic E-state index is 9.22. The number of fused-ring (bicyclic) bond motifs is 1. The van der Waals surface area contributed by atoms with Crippen LogP contribution in [-0.2, 0) is 14.6 Å². The lowest BCUT2D eigenvalue weighted by molar-refractivity contribution is -0.402. The van der Waals surface area contributed by atoms with E-state index in [1.54, 1.807) is 0 Å². The maximum absolute atomic E-state index is 9.22. The molecular weight excluding hydrogens is 266 g/mol. The number of aryl methyl sites for hydroxylation is 1. The fourth-order valence-electron chi connectivity index (χ4n) is 2.03. The van der Waals surface area contributed by atoms with E-state index in [1.807, 2.05) is 0 Å². The van der Waals surface area contributed by atoms with Gasteiger partial charge in [-0.3, -0.25) is 4.18 Å². The monoisotopic (exact) mass is 285 g/mol. The summed E-state index contributed by atoms with van der Waals surface area (Å²) in [5.74, 6) is 0.583. The Morgan fingerprint density at radius 2 is 1.84 bits per heavy atom. The molecule has 0 amide bonds. The van der Waals surface area contributed by atoms with Crippen molar-refractivity contribution in [2.75, 3.05) is 14.2 Å². The molecular formula is C13H19NO4S. The van der Waals surface area contributed by atoms with Crippen LogP contribution >= 0.6 is 0 Å². The molecule has 106 valence electrons. The fraction of sp³-hybridized carbons (Fsp3) is 0.462. The molecule has 19 heavy (non-hydrogen) atoms. The van der Waals surface area contributed by atoms with Crippen molar-refractivity contribution >= 4 is 21.8 Å². The second-order valence-corrected chi connectivity index (χ2v) is 5.71. The molecule has 0 aliphatic carbocycles. The zero-order valence-corrected chi connectivity index (χ0v) is 12.6. The summed E-state index contributed by atoms with van der Waals surface area (Å²) in [5.41, 5.74) is 5.64. The first kappa shape index (κ1) is 15.8. The molecule has 5 nitrogen and oxygen atoms in total. The minimum atomic E-state index is -4.41. The molecule has 1 aliphatic rings. The molecule has 0 N–H and O–H groups in total. The molecule has 6 heteroatoms. The van der Waals surface area contributed by atoms with Crippen LogP contribution in [0, 0.1) is 6.92 Å². The number of hydrogen-bond donors (Lipinski definition) is 0. The van der Waals surface area contributed by atoms with Crippen LogP contribution in [0.15, 0.2) is 18.2 Å². The summed E-state index contributed by atoms with van der Waals surface area (Å²) in [4.78, 5) is 0. The Kier molecular flexibility index (Phi) is 4.84. The van der Waals surface area contributed by atoms with Crippen LogP contribution in [0.4, 0.5) is 5.69 Å². The third-order valence-electron chi connectivity index (χ3n) is 3.37. The molecule has 1 aliphatic heterocycles. The summed E-state index contributed by atoms with van der Waals surface area (Å²) in [6, 6.07) is 6.70. The van der Waals surface area contributed by atoms with Crippen molar-refractivity contribution in [1.29, 1.82) is 0 Å². The smallest absolute Gasteiger partial charge is 0.217 e. The fourth-order valence-corrected chi connectivity index (χ4v) is 2.03. The molecule has 1 atom stereocenters. The number of benzene rings is 1. The Bertz CT molecular complexity index is 605. The van der Waals surface area contributed by atoms with Crippen LogP contribution in [0.1, 0.15) is 30.9 Å². The maximum Gasteiger partial charge on any atom is 0.217 e. The molecule has 0 saturated carbocycles. The lowest BCUT2D eigenvalue weighted by Gasteiger charge is -2.00. The highest BCUT2D eigenvalue weighted by Gasteiger charge is 2.30. The SMILES string of the molecule is CC1=[N+](C)c2ccc(C)cc2C1C.COS(=O)(=O)[O-]. The number of hydrogen-bond acceptors (Lipinski definition) is 4. The molecule has 0 fully saturated rings. The average molecular weight is 285 g/mol. The zero-order chi connectivity index (χ0) is 14.8. The van der Waals surface area contributed by atoms with Crippen LogP contribution in [0.5, 0.6) is 0 Å². The van der Waals surface area contributed by atoms with E-state index in [9.17, 15) is 13.0 Å². The molecule has 0 radical (unpaired) electrons. The third kappa shape index (κ3) is 3.86. The Hall–Kier alpha value is -1.24. The second kappa shape index (κ2) is 5.81. The van der Waals surface area contributed by atoms with Crippen molar-refractivity contribution < 1.29 is 21.7 Å². The van der Waals surface area contributed by atoms with Gasteiger partial charge in [0.25, 0.3) is 0 Å². The van der Waals surface area contributed by atoms with E-state index < -0.39 is 10.4 Å². The van der Waals surface area contributed by atoms with Gasteiger partial charge in [0.1, 0.15) is 7.05 Å². The van der Waals surface area contributed by atoms with Crippen molar-refractivity contribution in [3.8, 4) is 0 Å². The molecule has 0 aromatic heterocycles. The van der Waals surface area contributed by atoms with Crippen molar-refractivity contribution in [3.63, 3.8) is 0 Å². The summed E-state index contributed by atoms with van der Waals surface area (Å²) in [6.07, 6.45) is 0. The van der Waals surface area contributed by atoms with Gasteiger partial charge in [0.05, 0.1) is 13.0 Å². The van der Waals surface area contributed by atoms with Gasteiger partial charge in [-0.2, -0.15) is 0 Å². The highest BCUT2D eigenvalue weighted by Crippen LogP contribution is 2.34. The summed E-state index contributed by atoms with van der Waals surface area (Å²) in [5, 5.41) is 0. The number of rotatable bonds is 1. The molecule has 1 aromatic rings. The standard InChI is InChI=1S/C12H16N.CH4O4S/c1-8-5-6-12-11(7-8)9(2)10(3)13(12)4;1-5-6(2,3)4/h5-7,9H,1-4H3;1H3,(H,2,3,4)/q+1;/p-1. The van der Waals surface area contributed by atoms with Crippen LogP contribution in [-0.4, -0.2) is 37.4 Å². The van der Waals surface area contributed by atoms with Gasteiger partial charge in [0.15, 0.2) is 5.71 Å². The van der Waals surface area contributed by atoms with E-state index in [4.69, 9.17) is 0 Å². The average Bonchev–Trinajstić information content (AvgIpc) is 2.54. The molecule has 2 rings (SSSR count). The minimum absolute atomic E-state index is 0.583. The minimum Gasteiger partial charge on any atom is -0.726 e. The van der Waals surface area contributed by atoms with Crippen molar-refractivity contribution in [2.24, 2.45) is 0 Å². The molecule has 0 spiro atoms. The Morgan fingerprint density at radius 1 is 1.32 bits per heavy atom. The van der Waals surface area contributed by atoms with Crippen LogP contribution < -0.4 is 0 Å². The first-order valence-electron chi connectivity index (χ1n) is 5.86. The van der Waals surface area contributed by atoms with E-state index in [-0.39, 0.29) is 0 Å². The lowest BCUT2D eigenvalue weighted by atomic mass is 9.97. The normalized spacial score (nSPS) is 17.9. The summed E-state index contributed by atoms with van der Waals surface area (Å²) >= 11 is 0. The van der Waals surface area contributed by atoms with Crippen molar-refractivity contribution in [1.82, 2.24) is 0 Å². The molecule has 0 bridgehead atoms. The quantitative estimate of drug-likeness (QED) is 0.449. The zero-order valence-electron chi connectivity index (χ0n) is 11.8. The van der Waals surface area contributed by atoms with Gasteiger partial charge in [0, 0.05) is 18.6 Å². The summed E-state index contributed by atoms with van der Waals surface area (Å²) < 4.78 is 33.3.